The molecule has 0 bridgehead atoms. The lowest BCUT2D eigenvalue weighted by molar-refractivity contribution is 0.107. The smallest absolute Gasteiger partial charge is 0.129 e. The van der Waals surface area contributed by atoms with Gasteiger partial charge in [-0.1, -0.05) is 12.5 Å². The van der Waals surface area contributed by atoms with Gasteiger partial charge < -0.3 is 10.8 Å². The minimum Gasteiger partial charge on any atom is -0.392 e. The number of fused-ring (bicyclic) bond motifs is 1. The number of hydrogen-bond donors (Lipinski definition) is 2. The number of hydrogen-bond acceptors (Lipinski definition) is 2. The van der Waals surface area contributed by atoms with Crippen LogP contribution >= 0.6 is 0 Å². The largest absolute Gasteiger partial charge is 0.392 e. The van der Waals surface area contributed by atoms with Crippen molar-refractivity contribution in [2.45, 2.75) is 31.3 Å². The number of nitrogens with two attached hydrogens (primary N) is 1. The van der Waals surface area contributed by atoms with Gasteiger partial charge in [0.05, 0.1) is 6.10 Å². The Morgan fingerprint density at radius 3 is 2.53 bits per heavy atom. The third-order valence-corrected chi connectivity index (χ3v) is 4.90. The summed E-state index contributed by atoms with van der Waals surface area (Å²) in [5.74, 6) is -0.210. The Morgan fingerprint density at radius 1 is 1.26 bits per heavy atom. The standard InChI is InChI=1S/C15H19F2NO/c16-8-4-5-9(13(17)6-8)12(7-18)15(19)14-10-2-1-3-11(10)14/h4-6,10-12,14-15,19H,1-3,7,18H2. The van der Waals surface area contributed by atoms with Crippen LogP contribution in [0.1, 0.15) is 30.7 Å². The number of benzene rings is 1. The minimum absolute atomic E-state index is 0.180. The van der Waals surface area contributed by atoms with Crippen LogP contribution in [0.3, 0.4) is 0 Å². The normalized spacial score (nSPS) is 31.9. The summed E-state index contributed by atoms with van der Waals surface area (Å²) in [5, 5.41) is 10.5. The van der Waals surface area contributed by atoms with E-state index >= 15 is 0 Å². The van der Waals surface area contributed by atoms with E-state index in [1.54, 1.807) is 0 Å². The van der Waals surface area contributed by atoms with Gasteiger partial charge in [-0.25, -0.2) is 8.78 Å². The maximum atomic E-state index is 13.8. The number of aliphatic hydroxyl groups excluding tert-OH is 1. The molecule has 3 rings (SSSR count). The molecule has 4 atom stereocenters. The first kappa shape index (κ1) is 13.0. The zero-order chi connectivity index (χ0) is 13.6. The second-order valence-corrected chi connectivity index (χ2v) is 5.83. The zero-order valence-corrected chi connectivity index (χ0v) is 10.7. The number of aliphatic hydroxyl groups is 1. The van der Waals surface area contributed by atoms with Crippen LogP contribution in [0.15, 0.2) is 18.2 Å². The monoisotopic (exact) mass is 267 g/mol. The highest BCUT2D eigenvalue weighted by Gasteiger charge is 2.57. The third kappa shape index (κ3) is 2.17. The van der Waals surface area contributed by atoms with Gasteiger partial charge in [0, 0.05) is 18.5 Å². The lowest BCUT2D eigenvalue weighted by Gasteiger charge is -2.24. The van der Waals surface area contributed by atoms with Crippen LogP contribution in [-0.2, 0) is 0 Å². The Balaban J connectivity index is 1.80. The van der Waals surface area contributed by atoms with Gasteiger partial charge in [-0.15, -0.1) is 0 Å². The van der Waals surface area contributed by atoms with Crippen LogP contribution in [0.25, 0.3) is 0 Å². The molecule has 4 unspecified atom stereocenters. The van der Waals surface area contributed by atoms with Gasteiger partial charge in [-0.3, -0.25) is 0 Å². The van der Waals surface area contributed by atoms with Gasteiger partial charge in [0.15, 0.2) is 0 Å². The van der Waals surface area contributed by atoms with Crippen LogP contribution in [0, 0.1) is 29.4 Å². The maximum absolute atomic E-state index is 13.8. The van der Waals surface area contributed by atoms with E-state index in [0.29, 0.717) is 17.4 Å². The van der Waals surface area contributed by atoms with Crippen molar-refractivity contribution in [1.29, 1.82) is 0 Å². The van der Waals surface area contributed by atoms with Crippen molar-refractivity contribution in [3.05, 3.63) is 35.4 Å². The molecular weight excluding hydrogens is 248 g/mol. The van der Waals surface area contributed by atoms with Crippen LogP contribution in [0.4, 0.5) is 8.78 Å². The summed E-state index contributed by atoms with van der Waals surface area (Å²) in [6.07, 6.45) is 2.95. The second kappa shape index (κ2) is 4.84. The summed E-state index contributed by atoms with van der Waals surface area (Å²) in [7, 11) is 0. The molecule has 4 heteroatoms. The van der Waals surface area contributed by atoms with E-state index in [4.69, 9.17) is 5.73 Å². The van der Waals surface area contributed by atoms with Gasteiger partial charge in [0.25, 0.3) is 0 Å². The molecule has 2 aliphatic carbocycles. The van der Waals surface area contributed by atoms with Crippen molar-refractivity contribution in [3.8, 4) is 0 Å². The van der Waals surface area contributed by atoms with E-state index < -0.39 is 23.7 Å². The molecule has 2 nitrogen and oxygen atoms in total. The summed E-state index contributed by atoms with van der Waals surface area (Å²) in [6.45, 7) is 0.180. The molecule has 3 N–H and O–H groups in total. The predicted molar refractivity (Wildman–Crippen MR) is 68.5 cm³/mol. The topological polar surface area (TPSA) is 46.2 Å². The first-order valence-electron chi connectivity index (χ1n) is 6.96. The Hall–Kier alpha value is -1.00. The molecule has 0 saturated heterocycles. The molecule has 0 aliphatic heterocycles. The molecule has 1 aromatic carbocycles. The minimum atomic E-state index is -0.611. The van der Waals surface area contributed by atoms with Crippen molar-refractivity contribution < 1.29 is 13.9 Å². The van der Waals surface area contributed by atoms with E-state index in [2.05, 4.69) is 0 Å². The van der Waals surface area contributed by atoms with Crippen molar-refractivity contribution in [2.75, 3.05) is 6.54 Å². The summed E-state index contributed by atoms with van der Waals surface area (Å²) in [6, 6.07) is 3.49. The lowest BCUT2D eigenvalue weighted by atomic mass is 9.88. The van der Waals surface area contributed by atoms with Gasteiger partial charge in [-0.05, 0) is 42.2 Å². The number of rotatable bonds is 4. The second-order valence-electron chi connectivity index (χ2n) is 5.83. The highest BCUT2D eigenvalue weighted by molar-refractivity contribution is 5.25. The van der Waals surface area contributed by atoms with Crippen molar-refractivity contribution in [3.63, 3.8) is 0 Å². The average Bonchev–Trinajstić information content (AvgIpc) is 2.86. The van der Waals surface area contributed by atoms with E-state index in [1.165, 1.54) is 18.6 Å². The molecule has 1 aromatic rings. The molecule has 0 amide bonds. The van der Waals surface area contributed by atoms with Gasteiger partial charge in [0.1, 0.15) is 11.6 Å². The summed E-state index contributed by atoms with van der Waals surface area (Å²) in [4.78, 5) is 0. The Morgan fingerprint density at radius 2 is 1.95 bits per heavy atom. The lowest BCUT2D eigenvalue weighted by Crippen LogP contribution is -2.29. The SMILES string of the molecule is NCC(c1ccc(F)cc1F)C(O)C1C2CCCC21. The van der Waals surface area contributed by atoms with Gasteiger partial charge in [0.2, 0.25) is 0 Å². The fraction of sp³-hybridized carbons (Fsp3) is 0.600. The number of halogens is 2. The molecule has 2 fully saturated rings. The fourth-order valence-corrected chi connectivity index (χ4v) is 3.90. The fourth-order valence-electron chi connectivity index (χ4n) is 3.90. The van der Waals surface area contributed by atoms with Crippen LogP contribution in [-0.4, -0.2) is 17.8 Å². The average molecular weight is 267 g/mol. The van der Waals surface area contributed by atoms with Crippen molar-refractivity contribution >= 4 is 0 Å². The summed E-state index contributed by atoms with van der Waals surface area (Å²) in [5.41, 5.74) is 6.04. The predicted octanol–water partition coefficient (Wildman–Crippen LogP) is 2.41. The van der Waals surface area contributed by atoms with E-state index in [9.17, 15) is 13.9 Å². The molecule has 2 saturated carbocycles. The Kier molecular flexibility index (Phi) is 3.31. The summed E-state index contributed by atoms with van der Waals surface area (Å²) >= 11 is 0. The summed E-state index contributed by atoms with van der Waals surface area (Å²) < 4.78 is 26.8. The quantitative estimate of drug-likeness (QED) is 0.880. The Bertz CT molecular complexity index is 469. The van der Waals surface area contributed by atoms with Gasteiger partial charge in [-0.2, -0.15) is 0 Å². The zero-order valence-electron chi connectivity index (χ0n) is 10.7. The van der Waals surface area contributed by atoms with Crippen molar-refractivity contribution in [2.24, 2.45) is 23.5 Å². The highest BCUT2D eigenvalue weighted by Crippen LogP contribution is 2.60. The molecule has 0 heterocycles. The van der Waals surface area contributed by atoms with Gasteiger partial charge >= 0.3 is 0 Å². The highest BCUT2D eigenvalue weighted by atomic mass is 19.1. The third-order valence-electron chi connectivity index (χ3n) is 4.90. The molecule has 0 radical (unpaired) electrons. The van der Waals surface area contributed by atoms with E-state index in [0.717, 1.165) is 18.9 Å². The first-order chi connectivity index (χ1) is 9.13. The molecule has 104 valence electrons. The van der Waals surface area contributed by atoms with Crippen LogP contribution < -0.4 is 5.73 Å². The van der Waals surface area contributed by atoms with Crippen LogP contribution in [0.5, 0.6) is 0 Å². The molecular formula is C15H19F2NO. The molecule has 19 heavy (non-hydrogen) atoms. The first-order valence-corrected chi connectivity index (χ1v) is 6.96. The molecule has 0 aromatic heterocycles. The molecule has 2 aliphatic rings. The maximum Gasteiger partial charge on any atom is 0.129 e. The Labute approximate surface area is 111 Å². The van der Waals surface area contributed by atoms with Crippen LogP contribution in [0.2, 0.25) is 0 Å². The van der Waals surface area contributed by atoms with Crippen molar-refractivity contribution in [1.82, 2.24) is 0 Å². The van der Waals surface area contributed by atoms with E-state index in [1.807, 2.05) is 0 Å². The van der Waals surface area contributed by atoms with E-state index in [-0.39, 0.29) is 12.5 Å². The molecule has 0 spiro atoms.